The van der Waals surface area contributed by atoms with Gasteiger partial charge in [0.25, 0.3) is 0 Å². The predicted octanol–water partition coefficient (Wildman–Crippen LogP) is 3.22. The van der Waals surface area contributed by atoms with Crippen LogP contribution in [0.3, 0.4) is 0 Å². The molecule has 0 aliphatic heterocycles. The van der Waals surface area contributed by atoms with Gasteiger partial charge in [0.15, 0.2) is 0 Å². The molecule has 0 atom stereocenters. The molecule has 0 bridgehead atoms. The van der Waals surface area contributed by atoms with Crippen LogP contribution in [0.5, 0.6) is 0 Å². The SMILES string of the molecule is C[Si](C)=[Zr+2]([C]1=C(C(C)(C)C)C=C(C(C)(C)C)C1)[C]1=C(C(C)(C)C)C=C(C(C)(C)C)C1.[Cl-].[Cl-]. The average molecular weight is 575 g/mol. The predicted molar refractivity (Wildman–Crippen MR) is 135 cm³/mol. The number of rotatable bonds is 2. The molecular weight excluding hydrogens is 527 g/mol. The molecule has 4 heteroatoms. The molecule has 0 heterocycles. The van der Waals surface area contributed by atoms with E-state index in [9.17, 15) is 0 Å². The molecule has 0 aromatic heterocycles. The van der Waals surface area contributed by atoms with Gasteiger partial charge in [0.2, 0.25) is 0 Å². The first-order valence-corrected chi connectivity index (χ1v) is 20.5. The maximum atomic E-state index is 2.63. The minimum atomic E-state index is -1.95. The largest absolute Gasteiger partial charge is 1.00 e. The zero-order valence-electron chi connectivity index (χ0n) is 23.3. The van der Waals surface area contributed by atoms with Crippen molar-refractivity contribution in [2.75, 3.05) is 0 Å². The fraction of sp³-hybridized carbons (Fsp3) is 0.714. The molecule has 0 saturated carbocycles. The van der Waals surface area contributed by atoms with Crippen molar-refractivity contribution in [2.24, 2.45) is 21.7 Å². The van der Waals surface area contributed by atoms with Crippen LogP contribution in [0.15, 0.2) is 41.0 Å². The molecular formula is C28H48Cl2SiZr. The van der Waals surface area contributed by atoms with Crippen LogP contribution in [0.1, 0.15) is 95.9 Å². The van der Waals surface area contributed by atoms with Gasteiger partial charge < -0.3 is 24.8 Å². The van der Waals surface area contributed by atoms with Gasteiger partial charge in [-0.3, -0.25) is 0 Å². The Bertz CT molecular complexity index is 812. The van der Waals surface area contributed by atoms with Gasteiger partial charge in [-0.2, -0.15) is 0 Å². The van der Waals surface area contributed by atoms with Crippen LogP contribution in [0.25, 0.3) is 0 Å². The standard InChI is InChI=1S/2C13H21.C2H6Si.2ClH.Zr/c2*1-12(2,3)10-7-8-11(9-10)13(4,5)6;1-3-2;;;/h2*9H,7H2,1-6H3;1-2H3;2*1H;/q;;;;;+2/p-2. The van der Waals surface area contributed by atoms with Crippen LogP contribution in [-0.2, 0) is 20.4 Å². The molecule has 0 radical (unpaired) electrons. The maximum Gasteiger partial charge on any atom is -1.00 e. The van der Waals surface area contributed by atoms with Gasteiger partial charge in [0.05, 0.1) is 0 Å². The Balaban J connectivity index is 0.00000480. The Kier molecular flexibility index (Phi) is 10.9. The van der Waals surface area contributed by atoms with Gasteiger partial charge in [0, 0.05) is 0 Å². The Morgan fingerprint density at radius 1 is 0.562 bits per heavy atom. The fourth-order valence-electron chi connectivity index (χ4n) is 4.73. The van der Waals surface area contributed by atoms with Gasteiger partial charge in [0.1, 0.15) is 0 Å². The zero-order valence-corrected chi connectivity index (χ0v) is 28.3. The summed E-state index contributed by atoms with van der Waals surface area (Å²) in [6.07, 6.45) is 7.77. The van der Waals surface area contributed by atoms with E-state index in [-0.39, 0.29) is 51.9 Å². The molecule has 0 aromatic rings. The van der Waals surface area contributed by atoms with Gasteiger partial charge in [-0.05, 0) is 0 Å². The Labute approximate surface area is 220 Å². The molecule has 0 aromatic carbocycles. The van der Waals surface area contributed by atoms with Crippen LogP contribution in [0, 0.1) is 21.7 Å². The van der Waals surface area contributed by atoms with E-state index in [0.29, 0.717) is 0 Å². The fourth-order valence-corrected chi connectivity index (χ4v) is 23.7. The zero-order chi connectivity index (χ0) is 23.4. The second-order valence-electron chi connectivity index (χ2n) is 13.9. The molecule has 0 nitrogen and oxygen atoms in total. The minimum absolute atomic E-state index is 0. The summed E-state index contributed by atoms with van der Waals surface area (Å²) < 4.78 is 3.88. The van der Waals surface area contributed by atoms with E-state index in [1.54, 1.807) is 22.3 Å². The van der Waals surface area contributed by atoms with Crippen LogP contribution in [0.4, 0.5) is 0 Å². The van der Waals surface area contributed by atoms with E-state index in [0.717, 1.165) is 0 Å². The second kappa shape index (κ2) is 10.7. The van der Waals surface area contributed by atoms with Crippen LogP contribution < -0.4 is 24.8 Å². The van der Waals surface area contributed by atoms with E-state index >= 15 is 0 Å². The van der Waals surface area contributed by atoms with E-state index in [1.165, 1.54) is 12.8 Å². The van der Waals surface area contributed by atoms with Crippen molar-refractivity contribution in [2.45, 2.75) is 109 Å². The number of hydrogen-bond acceptors (Lipinski definition) is 0. The molecule has 0 N–H and O–H groups in total. The molecule has 0 unspecified atom stereocenters. The Hall–Kier alpha value is 0.640. The molecule has 0 saturated heterocycles. The molecule has 2 aliphatic rings. The van der Waals surface area contributed by atoms with Crippen LogP contribution in [-0.4, -0.2) is 5.43 Å². The molecule has 2 rings (SSSR count). The molecule has 2 aliphatic carbocycles. The van der Waals surface area contributed by atoms with Gasteiger partial charge in [-0.25, -0.2) is 0 Å². The van der Waals surface area contributed by atoms with Crippen molar-refractivity contribution in [3.8, 4) is 0 Å². The normalized spacial score (nSPS) is 17.4. The Morgan fingerprint density at radius 2 is 0.844 bits per heavy atom. The summed E-state index contributed by atoms with van der Waals surface area (Å²) in [5.41, 5.74) is 7.43. The van der Waals surface area contributed by atoms with E-state index in [1.807, 2.05) is 6.56 Å². The molecule has 0 fully saturated rings. The summed E-state index contributed by atoms with van der Waals surface area (Å²) in [4.78, 5) is 0. The van der Waals surface area contributed by atoms with Crippen molar-refractivity contribution in [1.82, 2.24) is 0 Å². The number of halogens is 2. The van der Waals surface area contributed by atoms with Gasteiger partial charge in [-0.15, -0.1) is 0 Å². The van der Waals surface area contributed by atoms with Gasteiger partial charge in [-0.1, -0.05) is 0 Å². The smallest absolute Gasteiger partial charge is 1.00 e. The third kappa shape index (κ3) is 7.32. The first-order valence-electron chi connectivity index (χ1n) is 11.8. The number of hydrogen-bond donors (Lipinski definition) is 0. The monoisotopic (exact) mass is 572 g/mol. The summed E-state index contributed by atoms with van der Waals surface area (Å²) >= 11 is -1.95. The van der Waals surface area contributed by atoms with Crippen LogP contribution in [0.2, 0.25) is 13.1 Å². The summed E-state index contributed by atoms with van der Waals surface area (Å²) in [5.74, 6) is 0. The van der Waals surface area contributed by atoms with Crippen molar-refractivity contribution in [3.05, 3.63) is 41.0 Å². The topological polar surface area (TPSA) is 0 Å². The van der Waals surface area contributed by atoms with Crippen molar-refractivity contribution in [3.63, 3.8) is 0 Å². The van der Waals surface area contributed by atoms with E-state index in [4.69, 9.17) is 0 Å². The third-order valence-corrected chi connectivity index (χ3v) is 23.8. The third-order valence-electron chi connectivity index (χ3n) is 6.67. The summed E-state index contributed by atoms with van der Waals surface area (Å²) in [7, 11) is 0. The van der Waals surface area contributed by atoms with Crippen molar-refractivity contribution < 1.29 is 45.2 Å². The van der Waals surface area contributed by atoms with Crippen LogP contribution >= 0.6 is 0 Å². The minimum Gasteiger partial charge on any atom is -1.00 e. The van der Waals surface area contributed by atoms with Crippen molar-refractivity contribution in [1.29, 1.82) is 0 Å². The first-order chi connectivity index (χ1) is 13.2. The molecule has 0 amide bonds. The molecule has 182 valence electrons. The van der Waals surface area contributed by atoms with Crippen molar-refractivity contribution >= 4 is 5.43 Å². The second-order valence-corrected chi connectivity index (χ2v) is 31.0. The molecule has 32 heavy (non-hydrogen) atoms. The van der Waals surface area contributed by atoms with Gasteiger partial charge >= 0.3 is 197 Å². The Morgan fingerprint density at radius 3 is 1.03 bits per heavy atom. The summed E-state index contributed by atoms with van der Waals surface area (Å²) in [6, 6.07) is 0. The maximum absolute atomic E-state index is 2.63. The average Bonchev–Trinajstić information content (AvgIpc) is 3.09. The number of allylic oxidation sites excluding steroid dienone is 8. The van der Waals surface area contributed by atoms with E-state index in [2.05, 4.69) is 108 Å². The quantitative estimate of drug-likeness (QED) is 0.445. The first kappa shape index (κ1) is 32.6. The summed E-state index contributed by atoms with van der Waals surface area (Å²) in [5, 5.41) is 0. The summed E-state index contributed by atoms with van der Waals surface area (Å²) in [6.45, 7) is 34.3. The van der Waals surface area contributed by atoms with E-state index < -0.39 is 20.4 Å². The molecule has 0 spiro atoms.